The lowest BCUT2D eigenvalue weighted by Gasteiger charge is -2.17. The number of aryl methyl sites for hydroxylation is 2. The zero-order valence-electron chi connectivity index (χ0n) is 8.74. The first-order valence-corrected chi connectivity index (χ1v) is 5.08. The lowest BCUT2D eigenvalue weighted by molar-refractivity contribution is -0.0153. The molecule has 0 saturated heterocycles. The molecule has 0 amide bonds. The van der Waals surface area contributed by atoms with Gasteiger partial charge in [-0.25, -0.2) is 0 Å². The Labute approximate surface area is 93.9 Å². The van der Waals surface area contributed by atoms with Gasteiger partial charge in [-0.3, -0.25) is 0 Å². The van der Waals surface area contributed by atoms with Crippen molar-refractivity contribution in [1.29, 1.82) is 0 Å². The van der Waals surface area contributed by atoms with E-state index in [-0.39, 0.29) is 0 Å². The van der Waals surface area contributed by atoms with Crippen molar-refractivity contribution in [2.75, 3.05) is 6.61 Å². The quantitative estimate of drug-likeness (QED) is 0.735. The number of rotatable bonds is 3. The third kappa shape index (κ3) is 2.69. The molecular formula is C11H15ClO3. The van der Waals surface area contributed by atoms with Gasteiger partial charge in [-0.15, -0.1) is 0 Å². The molecule has 0 radical (unpaired) electrons. The van der Waals surface area contributed by atoms with Crippen LogP contribution in [-0.4, -0.2) is 28.0 Å². The summed E-state index contributed by atoms with van der Waals surface area (Å²) in [7, 11) is 0. The Balaban J connectivity index is 3.06. The molecule has 0 fully saturated rings. The largest absolute Gasteiger partial charge is 0.394 e. The van der Waals surface area contributed by atoms with E-state index in [1.165, 1.54) is 0 Å². The highest BCUT2D eigenvalue weighted by molar-refractivity contribution is 6.32. The van der Waals surface area contributed by atoms with Crippen LogP contribution in [0.1, 0.15) is 22.8 Å². The molecule has 4 heteroatoms. The molecule has 1 aromatic carbocycles. The summed E-state index contributed by atoms with van der Waals surface area (Å²) in [4.78, 5) is 0. The van der Waals surface area contributed by atoms with Crippen LogP contribution in [0.4, 0.5) is 0 Å². The third-order valence-corrected chi connectivity index (χ3v) is 2.95. The smallest absolute Gasteiger partial charge is 0.107 e. The predicted octanol–water partition coefficient (Wildman–Crippen LogP) is 1.34. The molecule has 15 heavy (non-hydrogen) atoms. The number of hydrogen-bond donors (Lipinski definition) is 3. The maximum Gasteiger partial charge on any atom is 0.107 e. The molecule has 0 aliphatic carbocycles. The van der Waals surface area contributed by atoms with Gasteiger partial charge < -0.3 is 15.3 Å². The minimum atomic E-state index is -1.16. The molecule has 84 valence electrons. The Morgan fingerprint density at radius 3 is 2.07 bits per heavy atom. The summed E-state index contributed by atoms with van der Waals surface area (Å²) in [6.45, 7) is 3.19. The molecular weight excluding hydrogens is 216 g/mol. The van der Waals surface area contributed by atoms with Gasteiger partial charge in [-0.05, 0) is 30.5 Å². The zero-order chi connectivity index (χ0) is 11.6. The minimum Gasteiger partial charge on any atom is -0.394 e. The fourth-order valence-electron chi connectivity index (χ4n) is 1.47. The van der Waals surface area contributed by atoms with Crippen LogP contribution in [0.2, 0.25) is 5.02 Å². The van der Waals surface area contributed by atoms with E-state index in [9.17, 15) is 10.2 Å². The molecule has 0 aliphatic heterocycles. The molecule has 2 atom stereocenters. The van der Waals surface area contributed by atoms with Crippen molar-refractivity contribution >= 4 is 11.6 Å². The number of aliphatic hydroxyl groups is 3. The van der Waals surface area contributed by atoms with Crippen LogP contribution in [0, 0.1) is 13.8 Å². The van der Waals surface area contributed by atoms with Gasteiger partial charge in [0.1, 0.15) is 12.2 Å². The monoisotopic (exact) mass is 230 g/mol. The maximum atomic E-state index is 9.68. The van der Waals surface area contributed by atoms with E-state index in [0.29, 0.717) is 10.6 Å². The normalized spacial score (nSPS) is 15.1. The molecule has 0 heterocycles. The molecule has 1 aromatic rings. The third-order valence-electron chi connectivity index (χ3n) is 2.35. The summed E-state index contributed by atoms with van der Waals surface area (Å²) < 4.78 is 0. The Kier molecular flexibility index (Phi) is 4.11. The van der Waals surface area contributed by atoms with Gasteiger partial charge in [0.25, 0.3) is 0 Å². The zero-order valence-corrected chi connectivity index (χ0v) is 9.49. The Morgan fingerprint density at radius 2 is 1.67 bits per heavy atom. The first-order valence-electron chi connectivity index (χ1n) is 4.71. The lowest BCUT2D eigenvalue weighted by Crippen LogP contribution is -2.22. The molecule has 0 bridgehead atoms. The summed E-state index contributed by atoms with van der Waals surface area (Å²) in [5.41, 5.74) is 2.25. The van der Waals surface area contributed by atoms with Crippen molar-refractivity contribution in [1.82, 2.24) is 0 Å². The number of benzene rings is 1. The van der Waals surface area contributed by atoms with Gasteiger partial charge in [-0.2, -0.15) is 0 Å². The molecule has 2 unspecified atom stereocenters. The average Bonchev–Trinajstić information content (AvgIpc) is 2.23. The molecule has 0 aliphatic rings. The Hall–Kier alpha value is -0.610. The first-order chi connectivity index (χ1) is 6.97. The summed E-state index contributed by atoms with van der Waals surface area (Å²) in [5.74, 6) is 0. The minimum absolute atomic E-state index is 0.470. The summed E-state index contributed by atoms with van der Waals surface area (Å²) in [5, 5.41) is 28.4. The van der Waals surface area contributed by atoms with Crippen LogP contribution in [0.5, 0.6) is 0 Å². The van der Waals surface area contributed by atoms with Crippen LogP contribution < -0.4 is 0 Å². The molecule has 0 spiro atoms. The van der Waals surface area contributed by atoms with E-state index in [0.717, 1.165) is 11.1 Å². The Bertz CT molecular complexity index is 329. The van der Waals surface area contributed by atoms with Gasteiger partial charge in [0.15, 0.2) is 0 Å². The van der Waals surface area contributed by atoms with Gasteiger partial charge in [-0.1, -0.05) is 23.7 Å². The van der Waals surface area contributed by atoms with E-state index in [1.807, 2.05) is 13.8 Å². The van der Waals surface area contributed by atoms with Crippen molar-refractivity contribution in [2.45, 2.75) is 26.1 Å². The lowest BCUT2D eigenvalue weighted by atomic mass is 10.00. The fraction of sp³-hybridized carbons (Fsp3) is 0.455. The number of halogens is 1. The summed E-state index contributed by atoms with van der Waals surface area (Å²) >= 11 is 5.97. The van der Waals surface area contributed by atoms with E-state index < -0.39 is 18.8 Å². The number of hydrogen-bond acceptors (Lipinski definition) is 3. The van der Waals surface area contributed by atoms with Gasteiger partial charge >= 0.3 is 0 Å². The van der Waals surface area contributed by atoms with E-state index in [1.54, 1.807) is 12.1 Å². The summed E-state index contributed by atoms with van der Waals surface area (Å²) in [6.07, 6.45) is -2.24. The second kappa shape index (κ2) is 4.94. The van der Waals surface area contributed by atoms with Gasteiger partial charge in [0.05, 0.1) is 6.61 Å². The van der Waals surface area contributed by atoms with Crippen molar-refractivity contribution in [3.05, 3.63) is 33.8 Å². The van der Waals surface area contributed by atoms with Crippen molar-refractivity contribution in [3.8, 4) is 0 Å². The highest BCUT2D eigenvalue weighted by Crippen LogP contribution is 2.26. The summed E-state index contributed by atoms with van der Waals surface area (Å²) in [6, 6.07) is 3.41. The molecule has 3 nitrogen and oxygen atoms in total. The Morgan fingerprint density at radius 1 is 1.20 bits per heavy atom. The average molecular weight is 231 g/mol. The van der Waals surface area contributed by atoms with Crippen LogP contribution in [0.3, 0.4) is 0 Å². The fourth-order valence-corrected chi connectivity index (χ4v) is 1.58. The van der Waals surface area contributed by atoms with Gasteiger partial charge in [0, 0.05) is 5.02 Å². The SMILES string of the molecule is Cc1cc(C(O)C(O)CO)cc(C)c1Cl. The van der Waals surface area contributed by atoms with Gasteiger partial charge in [0.2, 0.25) is 0 Å². The van der Waals surface area contributed by atoms with Crippen molar-refractivity contribution < 1.29 is 15.3 Å². The van der Waals surface area contributed by atoms with Crippen molar-refractivity contribution in [3.63, 3.8) is 0 Å². The second-order valence-corrected chi connectivity index (χ2v) is 4.04. The van der Waals surface area contributed by atoms with E-state index in [4.69, 9.17) is 16.7 Å². The topological polar surface area (TPSA) is 60.7 Å². The first kappa shape index (κ1) is 12.5. The molecule has 0 aromatic heterocycles. The van der Waals surface area contributed by atoms with Crippen molar-refractivity contribution in [2.24, 2.45) is 0 Å². The highest BCUT2D eigenvalue weighted by atomic mass is 35.5. The van der Waals surface area contributed by atoms with E-state index in [2.05, 4.69) is 0 Å². The highest BCUT2D eigenvalue weighted by Gasteiger charge is 2.18. The predicted molar refractivity (Wildman–Crippen MR) is 59.0 cm³/mol. The second-order valence-electron chi connectivity index (χ2n) is 3.66. The number of aliphatic hydroxyl groups excluding tert-OH is 3. The van der Waals surface area contributed by atoms with Crippen LogP contribution >= 0.6 is 11.6 Å². The standard InChI is InChI=1S/C11H15ClO3/c1-6-3-8(4-7(2)10(6)12)11(15)9(14)5-13/h3-4,9,11,13-15H,5H2,1-2H3. The van der Waals surface area contributed by atoms with Crippen LogP contribution in [-0.2, 0) is 0 Å². The van der Waals surface area contributed by atoms with E-state index >= 15 is 0 Å². The molecule has 3 N–H and O–H groups in total. The molecule has 0 saturated carbocycles. The van der Waals surface area contributed by atoms with Crippen LogP contribution in [0.15, 0.2) is 12.1 Å². The maximum absolute atomic E-state index is 9.68. The van der Waals surface area contributed by atoms with Crippen LogP contribution in [0.25, 0.3) is 0 Å². The molecule has 1 rings (SSSR count).